The van der Waals surface area contributed by atoms with Gasteiger partial charge in [-0.05, 0) is 13.8 Å². The Balaban J connectivity index is 2.07. The maximum absolute atomic E-state index is 5.53. The molecular weight excluding hydrogens is 132 g/mol. The van der Waals surface area contributed by atoms with Gasteiger partial charge in [0.1, 0.15) is 6.10 Å². The van der Waals surface area contributed by atoms with Crippen LogP contribution in [-0.2, 0) is 14.2 Å². The predicted molar refractivity (Wildman–Crippen MR) is 34.4 cm³/mol. The first kappa shape index (κ1) is 6.58. The normalized spacial score (nSPS) is 43.8. The Morgan fingerprint density at radius 1 is 1.30 bits per heavy atom. The van der Waals surface area contributed by atoms with Crippen LogP contribution in [0.1, 0.15) is 20.3 Å². The van der Waals surface area contributed by atoms with Crippen LogP contribution < -0.4 is 0 Å². The minimum Gasteiger partial charge on any atom is -0.350 e. The number of hydrogen-bond acceptors (Lipinski definition) is 3. The van der Waals surface area contributed by atoms with Crippen molar-refractivity contribution < 1.29 is 14.2 Å². The smallest absolute Gasteiger partial charge is 0.187 e. The van der Waals surface area contributed by atoms with Gasteiger partial charge in [-0.15, -0.1) is 0 Å². The first-order chi connectivity index (χ1) is 4.67. The first-order valence-corrected chi connectivity index (χ1v) is 3.65. The lowest BCUT2D eigenvalue weighted by Crippen LogP contribution is -2.22. The van der Waals surface area contributed by atoms with Crippen molar-refractivity contribution in [3.05, 3.63) is 0 Å². The summed E-state index contributed by atoms with van der Waals surface area (Å²) in [5.41, 5.74) is 0. The Bertz CT molecular complexity index is 130. The highest BCUT2D eigenvalue weighted by molar-refractivity contribution is 4.79. The average Bonchev–Trinajstić information content (AvgIpc) is 2.20. The van der Waals surface area contributed by atoms with Gasteiger partial charge in [-0.1, -0.05) is 0 Å². The standard InChI is InChI=1S/C7H12O3/c1-7(2)9-5-3-4-8-6(5)10-7/h5-6H,3-4H2,1-2H3/t5?,6-/m0/s1. The SMILES string of the molecule is CC1(C)OC2CCO[C@H]2O1. The predicted octanol–water partition coefficient (Wildman–Crippen LogP) is 0.884. The molecule has 2 heterocycles. The van der Waals surface area contributed by atoms with Crippen LogP contribution in [-0.4, -0.2) is 24.8 Å². The lowest BCUT2D eigenvalue weighted by Gasteiger charge is -2.17. The van der Waals surface area contributed by atoms with Crippen molar-refractivity contribution in [3.63, 3.8) is 0 Å². The van der Waals surface area contributed by atoms with Gasteiger partial charge in [0, 0.05) is 6.42 Å². The van der Waals surface area contributed by atoms with E-state index in [0.29, 0.717) is 0 Å². The Labute approximate surface area is 60.3 Å². The molecule has 0 bridgehead atoms. The lowest BCUT2D eigenvalue weighted by atomic mass is 10.3. The van der Waals surface area contributed by atoms with Crippen LogP contribution in [0.2, 0.25) is 0 Å². The van der Waals surface area contributed by atoms with E-state index in [1.54, 1.807) is 0 Å². The van der Waals surface area contributed by atoms with Gasteiger partial charge in [0.25, 0.3) is 0 Å². The van der Waals surface area contributed by atoms with Crippen LogP contribution in [0.15, 0.2) is 0 Å². The van der Waals surface area contributed by atoms with Crippen molar-refractivity contribution in [2.75, 3.05) is 6.61 Å². The van der Waals surface area contributed by atoms with Gasteiger partial charge >= 0.3 is 0 Å². The number of ether oxygens (including phenoxy) is 3. The van der Waals surface area contributed by atoms with Gasteiger partial charge in [-0.2, -0.15) is 0 Å². The fourth-order valence-electron chi connectivity index (χ4n) is 1.44. The van der Waals surface area contributed by atoms with E-state index >= 15 is 0 Å². The van der Waals surface area contributed by atoms with E-state index in [2.05, 4.69) is 0 Å². The molecule has 0 N–H and O–H groups in total. The van der Waals surface area contributed by atoms with Crippen LogP contribution in [0.3, 0.4) is 0 Å². The summed E-state index contributed by atoms with van der Waals surface area (Å²) in [7, 11) is 0. The Kier molecular flexibility index (Phi) is 1.27. The van der Waals surface area contributed by atoms with Gasteiger partial charge in [0.15, 0.2) is 12.1 Å². The third-order valence-electron chi connectivity index (χ3n) is 1.82. The van der Waals surface area contributed by atoms with E-state index in [-0.39, 0.29) is 12.4 Å². The van der Waals surface area contributed by atoms with Gasteiger partial charge in [0.05, 0.1) is 6.61 Å². The van der Waals surface area contributed by atoms with Crippen LogP contribution in [0, 0.1) is 0 Å². The summed E-state index contributed by atoms with van der Waals surface area (Å²) in [6.45, 7) is 4.59. The summed E-state index contributed by atoms with van der Waals surface area (Å²) in [6.07, 6.45) is 1.04. The maximum Gasteiger partial charge on any atom is 0.187 e. The van der Waals surface area contributed by atoms with Crippen molar-refractivity contribution in [1.29, 1.82) is 0 Å². The third-order valence-corrected chi connectivity index (χ3v) is 1.82. The van der Waals surface area contributed by atoms with Gasteiger partial charge in [-0.3, -0.25) is 0 Å². The topological polar surface area (TPSA) is 27.7 Å². The molecule has 10 heavy (non-hydrogen) atoms. The van der Waals surface area contributed by atoms with E-state index in [1.165, 1.54) is 0 Å². The Hall–Kier alpha value is -0.120. The first-order valence-electron chi connectivity index (χ1n) is 3.65. The molecule has 0 aromatic heterocycles. The minimum absolute atomic E-state index is 0.102. The Morgan fingerprint density at radius 2 is 2.10 bits per heavy atom. The molecule has 1 unspecified atom stereocenters. The lowest BCUT2D eigenvalue weighted by molar-refractivity contribution is -0.192. The monoisotopic (exact) mass is 144 g/mol. The fraction of sp³-hybridized carbons (Fsp3) is 1.00. The second-order valence-corrected chi connectivity index (χ2v) is 3.20. The van der Waals surface area contributed by atoms with Gasteiger partial charge < -0.3 is 14.2 Å². The average molecular weight is 144 g/mol. The van der Waals surface area contributed by atoms with Crippen LogP contribution in [0.4, 0.5) is 0 Å². The second-order valence-electron chi connectivity index (χ2n) is 3.20. The molecule has 2 aliphatic rings. The van der Waals surface area contributed by atoms with E-state index in [1.807, 2.05) is 13.8 Å². The fourth-order valence-corrected chi connectivity index (χ4v) is 1.44. The van der Waals surface area contributed by atoms with E-state index < -0.39 is 5.79 Å². The van der Waals surface area contributed by atoms with E-state index in [9.17, 15) is 0 Å². The van der Waals surface area contributed by atoms with Crippen molar-refractivity contribution in [3.8, 4) is 0 Å². The number of rotatable bonds is 0. The van der Waals surface area contributed by atoms with Crippen molar-refractivity contribution in [2.24, 2.45) is 0 Å². The summed E-state index contributed by atoms with van der Waals surface area (Å²) in [6, 6.07) is 0. The third kappa shape index (κ3) is 0.944. The van der Waals surface area contributed by atoms with Crippen LogP contribution >= 0.6 is 0 Å². The molecule has 3 heteroatoms. The quantitative estimate of drug-likeness (QED) is 0.505. The molecule has 0 amide bonds. The molecule has 2 fully saturated rings. The molecule has 58 valence electrons. The molecule has 2 aliphatic heterocycles. The molecule has 3 nitrogen and oxygen atoms in total. The highest BCUT2D eigenvalue weighted by Crippen LogP contribution is 2.33. The minimum atomic E-state index is -0.435. The Morgan fingerprint density at radius 3 is 2.80 bits per heavy atom. The molecule has 2 saturated heterocycles. The molecule has 0 aromatic carbocycles. The zero-order chi connectivity index (χ0) is 7.19. The van der Waals surface area contributed by atoms with Crippen molar-refractivity contribution in [1.82, 2.24) is 0 Å². The zero-order valence-electron chi connectivity index (χ0n) is 6.29. The van der Waals surface area contributed by atoms with Crippen LogP contribution in [0.25, 0.3) is 0 Å². The van der Waals surface area contributed by atoms with E-state index in [4.69, 9.17) is 14.2 Å². The van der Waals surface area contributed by atoms with Crippen molar-refractivity contribution >= 4 is 0 Å². The summed E-state index contributed by atoms with van der Waals surface area (Å²) in [4.78, 5) is 0. The maximum atomic E-state index is 5.53. The molecule has 0 aromatic rings. The molecular formula is C7H12O3. The zero-order valence-corrected chi connectivity index (χ0v) is 6.29. The molecule has 0 spiro atoms. The number of hydrogen-bond donors (Lipinski definition) is 0. The van der Waals surface area contributed by atoms with Gasteiger partial charge in [-0.25, -0.2) is 0 Å². The highest BCUT2D eigenvalue weighted by Gasteiger charge is 2.44. The molecule has 0 aliphatic carbocycles. The summed E-state index contributed by atoms with van der Waals surface area (Å²) < 4.78 is 16.2. The molecule has 0 radical (unpaired) electrons. The largest absolute Gasteiger partial charge is 0.350 e. The summed E-state index contributed by atoms with van der Waals surface area (Å²) >= 11 is 0. The summed E-state index contributed by atoms with van der Waals surface area (Å²) in [5, 5.41) is 0. The summed E-state index contributed by atoms with van der Waals surface area (Å²) in [5.74, 6) is -0.435. The van der Waals surface area contributed by atoms with Crippen molar-refractivity contribution in [2.45, 2.75) is 38.4 Å². The van der Waals surface area contributed by atoms with E-state index in [0.717, 1.165) is 13.0 Å². The molecule has 2 atom stereocenters. The van der Waals surface area contributed by atoms with Gasteiger partial charge in [0.2, 0.25) is 0 Å². The molecule has 0 saturated carbocycles. The number of fused-ring (bicyclic) bond motifs is 1. The molecule has 2 rings (SSSR count). The van der Waals surface area contributed by atoms with Crippen LogP contribution in [0.5, 0.6) is 0 Å². The second kappa shape index (κ2) is 1.94. The highest BCUT2D eigenvalue weighted by atomic mass is 16.8.